The first-order valence-electron chi connectivity index (χ1n) is 5.31. The summed E-state index contributed by atoms with van der Waals surface area (Å²) in [5, 5.41) is 9.53. The summed E-state index contributed by atoms with van der Waals surface area (Å²) in [5.74, 6) is -1.23. The Morgan fingerprint density at radius 3 is 2.50 bits per heavy atom. The predicted molar refractivity (Wildman–Crippen MR) is 68.7 cm³/mol. The summed E-state index contributed by atoms with van der Waals surface area (Å²) in [6.45, 7) is 1.70. The van der Waals surface area contributed by atoms with Crippen molar-refractivity contribution in [1.29, 1.82) is 0 Å². The number of rotatable bonds is 5. The van der Waals surface area contributed by atoms with Crippen molar-refractivity contribution < 1.29 is 19.4 Å². The number of hydrogen-bond donors (Lipinski definition) is 2. The van der Waals surface area contributed by atoms with Gasteiger partial charge in [-0.05, 0) is 18.6 Å². The molecule has 0 aromatic heterocycles. The third kappa shape index (κ3) is 2.52. The molecule has 0 aliphatic rings. The summed E-state index contributed by atoms with van der Waals surface area (Å²) in [6, 6.07) is 1.69. The zero-order valence-corrected chi connectivity index (χ0v) is 11.2. The van der Waals surface area contributed by atoms with E-state index >= 15 is 0 Å². The van der Waals surface area contributed by atoms with Gasteiger partial charge in [0.2, 0.25) is 0 Å². The molecule has 5 nitrogen and oxygen atoms in total. The highest BCUT2D eigenvalue weighted by Crippen LogP contribution is 2.42. The van der Waals surface area contributed by atoms with E-state index in [9.17, 15) is 9.90 Å². The summed E-state index contributed by atoms with van der Waals surface area (Å²) in [7, 11) is 2.91. The smallest absolute Gasteiger partial charge is 0.312 e. The molecule has 1 aromatic carbocycles. The third-order valence-corrected chi connectivity index (χ3v) is 3.21. The summed E-state index contributed by atoms with van der Waals surface area (Å²) in [6.07, 6.45) is 0. The first-order valence-corrected chi connectivity index (χ1v) is 5.69. The average Bonchev–Trinajstić information content (AvgIpc) is 2.34. The summed E-state index contributed by atoms with van der Waals surface area (Å²) in [5.41, 5.74) is 6.57. The van der Waals surface area contributed by atoms with Crippen molar-refractivity contribution in [1.82, 2.24) is 0 Å². The van der Waals surface area contributed by atoms with Crippen LogP contribution >= 0.6 is 11.6 Å². The van der Waals surface area contributed by atoms with Gasteiger partial charge in [-0.1, -0.05) is 11.6 Å². The van der Waals surface area contributed by atoms with Gasteiger partial charge in [-0.3, -0.25) is 4.79 Å². The van der Waals surface area contributed by atoms with Gasteiger partial charge in [0.15, 0.2) is 11.5 Å². The molecular weight excluding hydrogens is 258 g/mol. The van der Waals surface area contributed by atoms with Crippen LogP contribution in [0, 0.1) is 6.92 Å². The molecule has 1 rings (SSSR count). The second-order valence-corrected chi connectivity index (χ2v) is 4.16. The first-order chi connectivity index (χ1) is 8.47. The standard InChI is InChI=1S/C12H16ClNO4/c1-6-4-8(17-2)11(18-3)9(10(6)13)7(5-14)12(15)16/h4,7H,5,14H2,1-3H3,(H,15,16). The molecule has 0 radical (unpaired) electrons. The van der Waals surface area contributed by atoms with Crippen LogP contribution in [0.25, 0.3) is 0 Å². The van der Waals surface area contributed by atoms with Gasteiger partial charge in [0.05, 0.1) is 25.2 Å². The van der Waals surface area contributed by atoms with Crippen LogP contribution in [0.15, 0.2) is 6.07 Å². The number of carboxylic acids is 1. The number of ether oxygens (including phenoxy) is 2. The van der Waals surface area contributed by atoms with Gasteiger partial charge in [0.1, 0.15) is 0 Å². The highest BCUT2D eigenvalue weighted by atomic mass is 35.5. The Labute approximate surface area is 110 Å². The van der Waals surface area contributed by atoms with Gasteiger partial charge in [0.25, 0.3) is 0 Å². The minimum absolute atomic E-state index is 0.0714. The number of benzene rings is 1. The van der Waals surface area contributed by atoms with Crippen molar-refractivity contribution in [2.24, 2.45) is 5.73 Å². The molecule has 0 spiro atoms. The van der Waals surface area contributed by atoms with Gasteiger partial charge in [-0.15, -0.1) is 0 Å². The molecule has 18 heavy (non-hydrogen) atoms. The number of aryl methyl sites for hydroxylation is 1. The van der Waals surface area contributed by atoms with Crippen molar-refractivity contribution in [2.75, 3.05) is 20.8 Å². The van der Waals surface area contributed by atoms with Gasteiger partial charge in [-0.2, -0.15) is 0 Å². The van der Waals surface area contributed by atoms with E-state index in [4.69, 9.17) is 26.8 Å². The Morgan fingerprint density at radius 1 is 1.50 bits per heavy atom. The van der Waals surface area contributed by atoms with Crippen LogP contribution < -0.4 is 15.2 Å². The van der Waals surface area contributed by atoms with E-state index in [1.807, 2.05) is 0 Å². The van der Waals surface area contributed by atoms with Crippen molar-refractivity contribution in [2.45, 2.75) is 12.8 Å². The average molecular weight is 274 g/mol. The van der Waals surface area contributed by atoms with Crippen LogP contribution in [0.5, 0.6) is 11.5 Å². The second kappa shape index (κ2) is 5.93. The lowest BCUT2D eigenvalue weighted by molar-refractivity contribution is -0.138. The van der Waals surface area contributed by atoms with Gasteiger partial charge >= 0.3 is 5.97 Å². The summed E-state index contributed by atoms with van der Waals surface area (Å²) < 4.78 is 10.4. The third-order valence-electron chi connectivity index (χ3n) is 2.70. The predicted octanol–water partition coefficient (Wildman–Crippen LogP) is 1.79. The monoisotopic (exact) mass is 273 g/mol. The molecule has 6 heteroatoms. The maximum Gasteiger partial charge on any atom is 0.312 e. The number of aliphatic carboxylic acids is 1. The lowest BCUT2D eigenvalue weighted by Gasteiger charge is -2.20. The Balaban J connectivity index is 3.57. The Morgan fingerprint density at radius 2 is 2.11 bits per heavy atom. The normalized spacial score (nSPS) is 12.1. The van der Waals surface area contributed by atoms with E-state index in [0.29, 0.717) is 27.6 Å². The first kappa shape index (κ1) is 14.6. The van der Waals surface area contributed by atoms with Crippen molar-refractivity contribution in [3.63, 3.8) is 0 Å². The number of halogens is 1. The van der Waals surface area contributed by atoms with Crippen LogP contribution in [0.2, 0.25) is 5.02 Å². The maximum atomic E-state index is 11.2. The number of nitrogens with two attached hydrogens (primary N) is 1. The topological polar surface area (TPSA) is 81.8 Å². The lowest BCUT2D eigenvalue weighted by Crippen LogP contribution is -2.22. The number of carboxylic acid groups (broad SMARTS) is 1. The Kier molecular flexibility index (Phi) is 4.81. The van der Waals surface area contributed by atoms with Gasteiger partial charge in [-0.25, -0.2) is 0 Å². The van der Waals surface area contributed by atoms with Crippen LogP contribution in [-0.2, 0) is 4.79 Å². The zero-order chi connectivity index (χ0) is 13.9. The van der Waals surface area contributed by atoms with E-state index in [2.05, 4.69) is 0 Å². The molecule has 0 fully saturated rings. The van der Waals surface area contributed by atoms with Crippen LogP contribution in [0.4, 0.5) is 0 Å². The van der Waals surface area contributed by atoms with E-state index in [1.165, 1.54) is 14.2 Å². The SMILES string of the molecule is COc1cc(C)c(Cl)c(C(CN)C(=O)O)c1OC. The van der Waals surface area contributed by atoms with Crippen molar-refractivity contribution >= 4 is 17.6 Å². The Bertz CT molecular complexity index is 462. The van der Waals surface area contributed by atoms with E-state index in [-0.39, 0.29) is 6.54 Å². The van der Waals surface area contributed by atoms with Crippen molar-refractivity contribution in [3.05, 3.63) is 22.2 Å². The largest absolute Gasteiger partial charge is 0.493 e. The fourth-order valence-corrected chi connectivity index (χ4v) is 2.06. The molecule has 0 bridgehead atoms. The molecule has 3 N–H and O–H groups in total. The number of methoxy groups -OCH3 is 2. The zero-order valence-electron chi connectivity index (χ0n) is 10.5. The molecule has 0 saturated carbocycles. The summed E-state index contributed by atoms with van der Waals surface area (Å²) in [4.78, 5) is 11.2. The molecule has 100 valence electrons. The van der Waals surface area contributed by atoms with E-state index < -0.39 is 11.9 Å². The molecule has 0 saturated heterocycles. The number of carbonyl (C=O) groups is 1. The van der Waals surface area contributed by atoms with E-state index in [1.54, 1.807) is 13.0 Å². The highest BCUT2D eigenvalue weighted by Gasteiger charge is 2.28. The Hall–Kier alpha value is -1.46. The highest BCUT2D eigenvalue weighted by molar-refractivity contribution is 6.32. The van der Waals surface area contributed by atoms with Gasteiger partial charge < -0.3 is 20.3 Å². The molecule has 0 heterocycles. The van der Waals surface area contributed by atoms with Crippen LogP contribution in [-0.4, -0.2) is 31.8 Å². The van der Waals surface area contributed by atoms with Gasteiger partial charge in [0, 0.05) is 12.1 Å². The molecule has 0 amide bonds. The second-order valence-electron chi connectivity index (χ2n) is 3.78. The molecule has 1 aromatic rings. The fourth-order valence-electron chi connectivity index (χ4n) is 1.79. The lowest BCUT2D eigenvalue weighted by atomic mass is 9.95. The molecule has 0 aliphatic carbocycles. The molecule has 1 atom stereocenters. The minimum atomic E-state index is -1.05. The summed E-state index contributed by atoms with van der Waals surface area (Å²) >= 11 is 6.17. The fraction of sp³-hybridized carbons (Fsp3) is 0.417. The van der Waals surface area contributed by atoms with Crippen LogP contribution in [0.3, 0.4) is 0 Å². The number of hydrogen-bond acceptors (Lipinski definition) is 4. The molecule has 1 unspecified atom stereocenters. The minimum Gasteiger partial charge on any atom is -0.493 e. The van der Waals surface area contributed by atoms with E-state index in [0.717, 1.165) is 0 Å². The van der Waals surface area contributed by atoms with Crippen molar-refractivity contribution in [3.8, 4) is 11.5 Å². The molecule has 0 aliphatic heterocycles. The van der Waals surface area contributed by atoms with Crippen LogP contribution in [0.1, 0.15) is 17.0 Å². The maximum absolute atomic E-state index is 11.2. The quantitative estimate of drug-likeness (QED) is 0.855. The molecular formula is C12H16ClNO4.